The Balaban J connectivity index is 1.79. The Morgan fingerprint density at radius 3 is 2.75 bits per heavy atom. The van der Waals surface area contributed by atoms with Gasteiger partial charge in [-0.2, -0.15) is 0 Å². The van der Waals surface area contributed by atoms with Crippen LogP contribution in [0.25, 0.3) is 5.57 Å². The molecule has 0 aromatic carbocycles. The number of amides is 1. The maximum atomic E-state index is 15.4. The summed E-state index contributed by atoms with van der Waals surface area (Å²) in [5.74, 6) is -0.414. The molecule has 0 spiro atoms. The van der Waals surface area contributed by atoms with Gasteiger partial charge in [-0.25, -0.2) is 14.4 Å². The first-order valence-electron chi connectivity index (χ1n) is 9.26. The van der Waals surface area contributed by atoms with Gasteiger partial charge in [0.15, 0.2) is 5.82 Å². The lowest BCUT2D eigenvalue weighted by atomic mass is 9.80. The van der Waals surface area contributed by atoms with Crippen molar-refractivity contribution in [3.8, 4) is 0 Å². The molecular formula is C21H20ClFN4O. The monoisotopic (exact) mass is 398 g/mol. The number of nitrogens with one attached hydrogen (secondary N) is 1. The molecule has 0 saturated carbocycles. The van der Waals surface area contributed by atoms with Gasteiger partial charge in [-0.15, -0.1) is 0 Å². The van der Waals surface area contributed by atoms with E-state index in [-0.39, 0.29) is 18.1 Å². The number of hydrogen-bond donors (Lipinski definition) is 1. The summed E-state index contributed by atoms with van der Waals surface area (Å²) in [4.78, 5) is 24.8. The normalized spacial score (nSPS) is 16.9. The summed E-state index contributed by atoms with van der Waals surface area (Å²) in [5.41, 5.74) is 5.88. The van der Waals surface area contributed by atoms with Crippen LogP contribution >= 0.6 is 11.6 Å². The molecule has 144 valence electrons. The smallest absolute Gasteiger partial charge is 0.251 e. The van der Waals surface area contributed by atoms with E-state index in [0.717, 1.165) is 34.3 Å². The molecule has 0 saturated heterocycles. The van der Waals surface area contributed by atoms with Crippen LogP contribution in [0.1, 0.15) is 49.2 Å². The van der Waals surface area contributed by atoms with E-state index < -0.39 is 0 Å². The van der Waals surface area contributed by atoms with Crippen molar-refractivity contribution in [1.29, 1.82) is 0 Å². The van der Waals surface area contributed by atoms with Crippen LogP contribution in [0.4, 0.5) is 4.39 Å². The Kier molecular flexibility index (Phi) is 4.98. The molecule has 0 atom stereocenters. The number of allylic oxidation sites excluding steroid dienone is 1. The average molecular weight is 399 g/mol. The topological polar surface area (TPSA) is 67.8 Å². The minimum atomic E-state index is -0.351. The van der Waals surface area contributed by atoms with Crippen molar-refractivity contribution in [2.24, 2.45) is 0 Å². The molecule has 28 heavy (non-hydrogen) atoms. The van der Waals surface area contributed by atoms with Crippen LogP contribution in [0.3, 0.4) is 0 Å². The predicted octanol–water partition coefficient (Wildman–Crippen LogP) is 3.81. The number of hydrogen-bond acceptors (Lipinski definition) is 4. The van der Waals surface area contributed by atoms with Crippen molar-refractivity contribution >= 4 is 23.1 Å². The van der Waals surface area contributed by atoms with Crippen LogP contribution < -0.4 is 5.32 Å². The van der Waals surface area contributed by atoms with Gasteiger partial charge in [-0.05, 0) is 55.9 Å². The number of halogens is 2. The number of carbonyl (C=O) groups is 1. The Bertz CT molecular complexity index is 1040. The van der Waals surface area contributed by atoms with E-state index in [0.29, 0.717) is 41.5 Å². The summed E-state index contributed by atoms with van der Waals surface area (Å²) < 4.78 is 15.4. The zero-order chi connectivity index (χ0) is 19.8. The maximum Gasteiger partial charge on any atom is 0.251 e. The maximum absolute atomic E-state index is 15.4. The van der Waals surface area contributed by atoms with Crippen LogP contribution in [-0.2, 0) is 17.6 Å². The third-order valence-electron chi connectivity index (χ3n) is 5.42. The molecular weight excluding hydrogens is 379 g/mol. The Hall–Kier alpha value is -2.60. The van der Waals surface area contributed by atoms with E-state index in [4.69, 9.17) is 11.6 Å². The summed E-state index contributed by atoms with van der Waals surface area (Å²) in [5, 5.41) is 3.22. The first-order chi connectivity index (χ1) is 13.5. The number of fused-ring (bicyclic) bond motifs is 1. The molecule has 7 heteroatoms. The number of nitrogens with zero attached hydrogens (tertiary/aromatic N) is 3. The fourth-order valence-electron chi connectivity index (χ4n) is 3.99. The van der Waals surface area contributed by atoms with Crippen molar-refractivity contribution in [3.63, 3.8) is 0 Å². The van der Waals surface area contributed by atoms with Gasteiger partial charge in [-0.3, -0.25) is 9.78 Å². The number of rotatable bonds is 3. The Labute approximate surface area is 167 Å². The minimum absolute atomic E-state index is 0.0631. The fraction of sp³-hybridized carbons (Fsp3) is 0.333. The number of pyridine rings is 1. The van der Waals surface area contributed by atoms with E-state index in [1.807, 2.05) is 13.8 Å². The third kappa shape index (κ3) is 3.33. The van der Waals surface area contributed by atoms with E-state index in [9.17, 15) is 4.79 Å². The van der Waals surface area contributed by atoms with Crippen molar-refractivity contribution in [2.45, 2.75) is 39.5 Å². The van der Waals surface area contributed by atoms with Gasteiger partial charge in [-0.1, -0.05) is 17.2 Å². The van der Waals surface area contributed by atoms with E-state index in [2.05, 4.69) is 20.3 Å². The largest absolute Gasteiger partial charge is 0.352 e. The molecule has 0 fully saturated rings. The Morgan fingerprint density at radius 1 is 1.18 bits per heavy atom. The lowest BCUT2D eigenvalue weighted by Crippen LogP contribution is -2.32. The van der Waals surface area contributed by atoms with Crippen molar-refractivity contribution in [1.82, 2.24) is 20.3 Å². The zero-order valence-electron chi connectivity index (χ0n) is 15.8. The quantitative estimate of drug-likeness (QED) is 0.798. The van der Waals surface area contributed by atoms with Gasteiger partial charge in [0.2, 0.25) is 0 Å². The van der Waals surface area contributed by atoms with Crippen LogP contribution in [0.2, 0.25) is 5.15 Å². The van der Waals surface area contributed by atoms with Gasteiger partial charge in [0, 0.05) is 30.3 Å². The lowest BCUT2D eigenvalue weighted by molar-refractivity contribution is -0.117. The molecule has 4 rings (SSSR count). The van der Waals surface area contributed by atoms with E-state index in [1.165, 1.54) is 6.33 Å². The molecule has 0 radical (unpaired) electrons. The number of aromatic nitrogens is 3. The van der Waals surface area contributed by atoms with Gasteiger partial charge < -0.3 is 5.32 Å². The summed E-state index contributed by atoms with van der Waals surface area (Å²) >= 11 is 5.91. The van der Waals surface area contributed by atoms with E-state index >= 15 is 4.39 Å². The van der Waals surface area contributed by atoms with Gasteiger partial charge in [0.05, 0.1) is 11.4 Å². The van der Waals surface area contributed by atoms with Crippen molar-refractivity contribution < 1.29 is 9.18 Å². The molecule has 0 unspecified atom stereocenters. The van der Waals surface area contributed by atoms with Gasteiger partial charge in [0.25, 0.3) is 5.91 Å². The highest BCUT2D eigenvalue weighted by atomic mass is 35.5. The Morgan fingerprint density at radius 2 is 2.00 bits per heavy atom. The first kappa shape index (κ1) is 18.7. The summed E-state index contributed by atoms with van der Waals surface area (Å²) in [6.07, 6.45) is 5.51. The highest BCUT2D eigenvalue weighted by Gasteiger charge is 2.28. The molecule has 1 amide bonds. The molecule has 1 N–H and O–H groups in total. The van der Waals surface area contributed by atoms with Crippen LogP contribution in [-0.4, -0.2) is 27.4 Å². The zero-order valence-corrected chi connectivity index (χ0v) is 16.5. The molecule has 2 aromatic heterocycles. The first-order valence-corrected chi connectivity index (χ1v) is 9.64. The van der Waals surface area contributed by atoms with Crippen LogP contribution in [0, 0.1) is 5.82 Å². The second-order valence-electron chi connectivity index (χ2n) is 7.19. The molecule has 2 aliphatic rings. The highest BCUT2D eigenvalue weighted by molar-refractivity contribution is 6.29. The molecule has 1 aliphatic carbocycles. The standard InChI is InChI=1S/C21H20ClFN4O/c1-11-5-6-24-21(28)18(11)15-4-3-13-9-25-16(20(23)19(13)12(15)2)7-14-8-17(22)27-10-26-14/h8-10H,3-7H2,1-2H3,(H,24,28). The molecule has 5 nitrogen and oxygen atoms in total. The number of aryl methyl sites for hydroxylation is 1. The average Bonchev–Trinajstić information content (AvgIpc) is 2.65. The highest BCUT2D eigenvalue weighted by Crippen LogP contribution is 2.38. The molecule has 0 bridgehead atoms. The minimum Gasteiger partial charge on any atom is -0.352 e. The van der Waals surface area contributed by atoms with Gasteiger partial charge >= 0.3 is 0 Å². The van der Waals surface area contributed by atoms with Crippen molar-refractivity contribution in [3.05, 3.63) is 68.8 Å². The summed E-state index contributed by atoms with van der Waals surface area (Å²) in [6.45, 7) is 4.53. The van der Waals surface area contributed by atoms with Gasteiger partial charge in [0.1, 0.15) is 11.5 Å². The van der Waals surface area contributed by atoms with Crippen LogP contribution in [0.5, 0.6) is 0 Å². The van der Waals surface area contributed by atoms with Crippen molar-refractivity contribution in [2.75, 3.05) is 6.54 Å². The molecule has 3 heterocycles. The van der Waals surface area contributed by atoms with Crippen LogP contribution in [0.15, 0.2) is 35.3 Å². The number of carbonyl (C=O) groups excluding carboxylic acids is 1. The summed E-state index contributed by atoms with van der Waals surface area (Å²) in [7, 11) is 0. The molecule has 1 aliphatic heterocycles. The SMILES string of the molecule is CC1=C(C2=C(C)c3c(cnc(Cc4cc(Cl)ncn4)c3F)CC2)C(=O)NCC1. The summed E-state index contributed by atoms with van der Waals surface area (Å²) in [6, 6.07) is 1.61. The second kappa shape index (κ2) is 7.43. The molecule has 2 aromatic rings. The third-order valence-corrected chi connectivity index (χ3v) is 5.63. The van der Waals surface area contributed by atoms with E-state index in [1.54, 1.807) is 12.3 Å². The predicted molar refractivity (Wildman–Crippen MR) is 105 cm³/mol. The second-order valence-corrected chi connectivity index (χ2v) is 7.58. The lowest BCUT2D eigenvalue weighted by Gasteiger charge is -2.27. The fourth-order valence-corrected chi connectivity index (χ4v) is 4.16.